The Balaban J connectivity index is 1.63. The van der Waals surface area contributed by atoms with Gasteiger partial charge in [-0.15, -0.1) is 5.10 Å². The molecule has 162 valence electrons. The van der Waals surface area contributed by atoms with Crippen LogP contribution in [0.25, 0.3) is 0 Å². The van der Waals surface area contributed by atoms with Gasteiger partial charge in [0.15, 0.2) is 16.7 Å². The maximum atomic E-state index is 11.8. The number of morpholine rings is 1. The Labute approximate surface area is 178 Å². The number of para-hydroxylation sites is 1. The number of carboxylic acid groups (broad SMARTS) is 1. The van der Waals surface area contributed by atoms with E-state index in [2.05, 4.69) is 20.4 Å². The molecule has 2 aliphatic heterocycles. The lowest BCUT2D eigenvalue weighted by molar-refractivity contribution is -0.138. The minimum Gasteiger partial charge on any atom is -0.493 e. The van der Waals surface area contributed by atoms with Crippen molar-refractivity contribution in [3.63, 3.8) is 0 Å². The number of benzene rings is 1. The molecular formula is C19H24N4O6S. The van der Waals surface area contributed by atoms with E-state index in [0.29, 0.717) is 23.7 Å². The molecule has 0 saturated carbocycles. The fraction of sp³-hybridized carbons (Fsp3) is 0.474. The fourth-order valence-corrected chi connectivity index (χ4v) is 3.86. The number of hydrogen-bond acceptors (Lipinski definition) is 9. The van der Waals surface area contributed by atoms with Crippen molar-refractivity contribution in [1.82, 2.24) is 10.2 Å². The second-order valence-electron chi connectivity index (χ2n) is 6.52. The first kappa shape index (κ1) is 22.1. The third-order valence-electron chi connectivity index (χ3n) is 4.47. The molecule has 2 N–H and O–H groups in total. The maximum absolute atomic E-state index is 11.8. The summed E-state index contributed by atoms with van der Waals surface area (Å²) in [7, 11) is 1.57. The summed E-state index contributed by atoms with van der Waals surface area (Å²) in [5, 5.41) is 18.9. The highest BCUT2D eigenvalue weighted by Gasteiger charge is 2.32. The molecule has 10 nitrogen and oxygen atoms in total. The van der Waals surface area contributed by atoms with Gasteiger partial charge in [-0.2, -0.15) is 5.10 Å². The highest BCUT2D eigenvalue weighted by Crippen LogP contribution is 2.30. The lowest BCUT2D eigenvalue weighted by Crippen LogP contribution is -2.38. The van der Waals surface area contributed by atoms with Crippen molar-refractivity contribution in [2.24, 2.45) is 10.2 Å². The third kappa shape index (κ3) is 6.18. The number of amidine groups is 1. The van der Waals surface area contributed by atoms with E-state index in [-0.39, 0.29) is 17.5 Å². The van der Waals surface area contributed by atoms with Crippen LogP contribution in [0.5, 0.6) is 11.5 Å². The van der Waals surface area contributed by atoms with E-state index in [9.17, 15) is 9.59 Å². The molecular weight excluding hydrogens is 412 g/mol. The monoisotopic (exact) mass is 436 g/mol. The Bertz CT molecular complexity index is 825. The summed E-state index contributed by atoms with van der Waals surface area (Å²) < 4.78 is 16.7. The molecule has 1 unspecified atom stereocenters. The zero-order valence-electron chi connectivity index (χ0n) is 16.6. The minimum atomic E-state index is -1.04. The lowest BCUT2D eigenvalue weighted by atomic mass is 10.2. The molecule has 3 rings (SSSR count). The van der Waals surface area contributed by atoms with Crippen molar-refractivity contribution < 1.29 is 28.9 Å². The van der Waals surface area contributed by atoms with Crippen LogP contribution < -0.4 is 14.8 Å². The molecule has 11 heteroatoms. The first-order valence-electron chi connectivity index (χ1n) is 9.47. The molecule has 2 aliphatic rings. The maximum Gasteiger partial charge on any atom is 0.305 e. The summed E-state index contributed by atoms with van der Waals surface area (Å²) in [4.78, 5) is 24.8. The summed E-state index contributed by atoms with van der Waals surface area (Å²) in [5.74, 6) is -0.282. The molecule has 0 aliphatic carbocycles. The quantitative estimate of drug-likeness (QED) is 0.431. The molecule has 0 radical (unpaired) electrons. The van der Waals surface area contributed by atoms with Gasteiger partial charge in [0.1, 0.15) is 11.9 Å². The number of carbonyl (C=O) groups excluding carboxylic acids is 1. The van der Waals surface area contributed by atoms with Crippen LogP contribution in [-0.4, -0.2) is 85.1 Å². The number of ether oxygens (including phenoxy) is 3. The molecule has 1 amide bonds. The number of aliphatic carboxylic acids is 1. The molecule has 2 fully saturated rings. The molecule has 2 heterocycles. The van der Waals surface area contributed by atoms with E-state index in [1.807, 2.05) is 12.1 Å². The number of rotatable bonds is 9. The number of amides is 1. The van der Waals surface area contributed by atoms with E-state index >= 15 is 0 Å². The molecule has 0 spiro atoms. The Morgan fingerprint density at radius 2 is 2.23 bits per heavy atom. The second kappa shape index (κ2) is 11.0. The van der Waals surface area contributed by atoms with Crippen molar-refractivity contribution in [2.75, 3.05) is 46.6 Å². The molecule has 1 aromatic carbocycles. The molecule has 1 aromatic rings. The number of carbonyl (C=O) groups is 2. The smallest absolute Gasteiger partial charge is 0.305 e. The summed E-state index contributed by atoms with van der Waals surface area (Å²) in [6.07, 6.45) is 1.24. The van der Waals surface area contributed by atoms with E-state index in [0.717, 1.165) is 44.6 Å². The average Bonchev–Trinajstić information content (AvgIpc) is 3.08. The van der Waals surface area contributed by atoms with Crippen LogP contribution in [0.1, 0.15) is 12.0 Å². The Kier molecular flexibility index (Phi) is 8.05. The van der Waals surface area contributed by atoms with Gasteiger partial charge in [-0.05, 0) is 12.1 Å². The van der Waals surface area contributed by atoms with Crippen molar-refractivity contribution in [2.45, 2.75) is 11.7 Å². The average molecular weight is 436 g/mol. The summed E-state index contributed by atoms with van der Waals surface area (Å²) in [5.41, 5.74) is 0.678. The van der Waals surface area contributed by atoms with E-state index in [1.54, 1.807) is 13.2 Å². The van der Waals surface area contributed by atoms with Crippen LogP contribution in [0, 0.1) is 0 Å². The highest BCUT2D eigenvalue weighted by molar-refractivity contribution is 8.15. The van der Waals surface area contributed by atoms with Crippen molar-refractivity contribution in [1.29, 1.82) is 0 Å². The first-order chi connectivity index (χ1) is 14.6. The summed E-state index contributed by atoms with van der Waals surface area (Å²) in [6.45, 7) is 4.48. The van der Waals surface area contributed by atoms with Gasteiger partial charge in [0, 0.05) is 25.2 Å². The molecule has 0 bridgehead atoms. The Morgan fingerprint density at radius 3 is 2.97 bits per heavy atom. The lowest BCUT2D eigenvalue weighted by Gasteiger charge is -2.26. The number of nitrogens with zero attached hydrogens (tertiary/aromatic N) is 3. The van der Waals surface area contributed by atoms with Crippen LogP contribution in [0.3, 0.4) is 0 Å². The second-order valence-corrected chi connectivity index (χ2v) is 7.72. The topological polar surface area (TPSA) is 122 Å². The summed E-state index contributed by atoms with van der Waals surface area (Å²) in [6, 6.07) is 5.44. The predicted molar refractivity (Wildman–Crippen MR) is 113 cm³/mol. The van der Waals surface area contributed by atoms with Crippen molar-refractivity contribution in [3.05, 3.63) is 23.8 Å². The van der Waals surface area contributed by atoms with Gasteiger partial charge in [0.25, 0.3) is 0 Å². The normalized spacial score (nSPS) is 21.2. The molecule has 2 saturated heterocycles. The zero-order chi connectivity index (χ0) is 21.3. The standard InChI is InChI=1S/C19H24N4O6S/c1-27-14-4-2-3-13(17(14)29-10-7-23-5-8-28-9-6-23)12-20-22-19-21-18(26)15(30-19)11-16(24)25/h2-4,12,15H,5-11H2,1H3,(H,24,25)(H,21,22,26). The van der Waals surface area contributed by atoms with E-state index < -0.39 is 11.2 Å². The third-order valence-corrected chi connectivity index (χ3v) is 5.54. The van der Waals surface area contributed by atoms with Crippen LogP contribution >= 0.6 is 11.8 Å². The van der Waals surface area contributed by atoms with Crippen LogP contribution in [-0.2, 0) is 14.3 Å². The Morgan fingerprint density at radius 1 is 1.43 bits per heavy atom. The molecule has 1 atom stereocenters. The number of methoxy groups -OCH3 is 1. The number of hydrogen-bond donors (Lipinski definition) is 2. The zero-order valence-corrected chi connectivity index (χ0v) is 17.4. The van der Waals surface area contributed by atoms with E-state index in [1.165, 1.54) is 6.21 Å². The van der Waals surface area contributed by atoms with Gasteiger partial charge < -0.3 is 24.6 Å². The van der Waals surface area contributed by atoms with Crippen LogP contribution in [0.2, 0.25) is 0 Å². The first-order valence-corrected chi connectivity index (χ1v) is 10.3. The molecule has 0 aromatic heterocycles. The SMILES string of the molecule is COc1cccc(C=NN=C2NC(=O)C(CC(=O)O)S2)c1OCCN1CCOCC1. The highest BCUT2D eigenvalue weighted by atomic mass is 32.2. The van der Waals surface area contributed by atoms with Gasteiger partial charge in [-0.25, -0.2) is 0 Å². The van der Waals surface area contributed by atoms with Crippen LogP contribution in [0.4, 0.5) is 0 Å². The largest absolute Gasteiger partial charge is 0.493 e. The van der Waals surface area contributed by atoms with Gasteiger partial charge in [0.05, 0.1) is 33.0 Å². The van der Waals surface area contributed by atoms with Crippen molar-refractivity contribution >= 4 is 35.0 Å². The number of thioether (sulfide) groups is 1. The summed E-state index contributed by atoms with van der Waals surface area (Å²) >= 11 is 1.05. The van der Waals surface area contributed by atoms with Gasteiger partial charge in [-0.1, -0.05) is 17.8 Å². The van der Waals surface area contributed by atoms with Crippen LogP contribution in [0.15, 0.2) is 28.4 Å². The molecule has 30 heavy (non-hydrogen) atoms. The van der Waals surface area contributed by atoms with Gasteiger partial charge in [0.2, 0.25) is 5.91 Å². The number of nitrogens with one attached hydrogen (secondary N) is 1. The Hall–Kier alpha value is -2.63. The van der Waals surface area contributed by atoms with Gasteiger partial charge >= 0.3 is 5.97 Å². The fourth-order valence-electron chi connectivity index (χ4n) is 2.94. The predicted octanol–water partition coefficient (Wildman–Crippen LogP) is 0.802. The number of carboxylic acids is 1. The van der Waals surface area contributed by atoms with Crippen molar-refractivity contribution in [3.8, 4) is 11.5 Å². The minimum absolute atomic E-state index is 0.264. The van der Waals surface area contributed by atoms with Gasteiger partial charge in [-0.3, -0.25) is 14.5 Å². The van der Waals surface area contributed by atoms with E-state index in [4.69, 9.17) is 19.3 Å².